The van der Waals surface area contributed by atoms with Crippen LogP contribution < -0.4 is 0 Å². The van der Waals surface area contributed by atoms with Gasteiger partial charge in [-0.3, -0.25) is 0 Å². The molecule has 0 aromatic heterocycles. The lowest BCUT2D eigenvalue weighted by Gasteiger charge is -2.15. The summed E-state index contributed by atoms with van der Waals surface area (Å²) in [7, 11) is 1.25. The highest BCUT2D eigenvalue weighted by Gasteiger charge is 2.55. The molecule has 2 amide bonds. The van der Waals surface area contributed by atoms with Gasteiger partial charge in [-0.05, 0) is 0 Å². The summed E-state index contributed by atoms with van der Waals surface area (Å²) >= 11 is 0. The summed E-state index contributed by atoms with van der Waals surface area (Å²) in [6, 6.07) is 0. The van der Waals surface area contributed by atoms with Crippen LogP contribution in [0.5, 0.6) is 0 Å². The molecule has 1 aliphatic heterocycles. The molecule has 0 aromatic carbocycles. The molecule has 1 heterocycles. The van der Waals surface area contributed by atoms with Crippen molar-refractivity contribution in [2.45, 2.75) is 12.8 Å². The van der Waals surface area contributed by atoms with E-state index in [1.165, 1.54) is 7.11 Å². The number of carbonyl (C=O) groups excluding carboxylic acids is 3. The molecule has 0 spiro atoms. The normalized spacial score (nSPS) is 19.9. The predicted octanol–water partition coefficient (Wildman–Crippen LogP) is -0.856. The monoisotopic (exact) mass is 204 g/mol. The van der Waals surface area contributed by atoms with Crippen LogP contribution in [-0.4, -0.2) is 41.5 Å². The Balaban J connectivity index is 2.69. The van der Waals surface area contributed by atoms with Gasteiger partial charge in [0.05, 0.1) is 12.8 Å². The molecule has 1 N–H and O–H groups in total. The molecule has 0 bridgehead atoms. The Labute approximate surface area is 79.3 Å². The number of nitrogens with zero attached hydrogens (tertiary/aromatic N) is 1. The summed E-state index contributed by atoms with van der Waals surface area (Å²) in [6.45, 7) is -0.429. The van der Waals surface area contributed by atoms with Gasteiger partial charge in [-0.25, -0.2) is 19.2 Å². The van der Waals surface area contributed by atoms with E-state index in [0.717, 1.165) is 0 Å². The molecule has 7 nitrogen and oxygen atoms in total. The molecular formula is C7H10NO6+. The van der Waals surface area contributed by atoms with Crippen molar-refractivity contribution in [2.24, 2.45) is 0 Å². The van der Waals surface area contributed by atoms with Crippen LogP contribution in [0.15, 0.2) is 0 Å². The summed E-state index contributed by atoms with van der Waals surface area (Å²) in [6.07, 6.45) is -0.259. The third kappa shape index (κ3) is 1.79. The first kappa shape index (κ1) is 10.8. The fourth-order valence-electron chi connectivity index (χ4n) is 1.05. The number of methoxy groups -OCH3 is 1. The van der Waals surface area contributed by atoms with E-state index in [4.69, 9.17) is 0 Å². The SMILES string of the molecule is COCC(=O)O[N+]1(O)C(=O)CCC1=O. The lowest BCUT2D eigenvalue weighted by molar-refractivity contribution is -1.12. The topological polar surface area (TPSA) is 89.9 Å². The average molecular weight is 204 g/mol. The highest BCUT2D eigenvalue weighted by molar-refractivity contribution is 5.91. The number of amides is 2. The first-order chi connectivity index (χ1) is 6.50. The Bertz CT molecular complexity index is 270. The molecular weight excluding hydrogens is 194 g/mol. The van der Waals surface area contributed by atoms with Crippen LogP contribution in [0.1, 0.15) is 12.8 Å². The van der Waals surface area contributed by atoms with Crippen molar-refractivity contribution in [3.8, 4) is 0 Å². The first-order valence-corrected chi connectivity index (χ1v) is 3.90. The van der Waals surface area contributed by atoms with Crippen molar-refractivity contribution in [3.63, 3.8) is 0 Å². The van der Waals surface area contributed by atoms with Gasteiger partial charge >= 0.3 is 17.8 Å². The zero-order valence-electron chi connectivity index (χ0n) is 7.56. The van der Waals surface area contributed by atoms with Crippen molar-refractivity contribution in [2.75, 3.05) is 13.7 Å². The molecule has 0 atom stereocenters. The van der Waals surface area contributed by atoms with Crippen molar-refractivity contribution in [1.29, 1.82) is 0 Å². The summed E-state index contributed by atoms with van der Waals surface area (Å²) in [4.78, 5) is 35.3. The molecule has 14 heavy (non-hydrogen) atoms. The smallest absolute Gasteiger partial charge is 0.373 e. The summed E-state index contributed by atoms with van der Waals surface area (Å²) in [5.41, 5.74) is 0. The minimum atomic E-state index is -1.89. The molecule has 0 aliphatic carbocycles. The fraction of sp³-hybridized carbons (Fsp3) is 0.571. The standard InChI is InChI=1S/C7H10NO6/c1-13-4-7(11)14-8(12)5(9)2-3-6(8)10/h12H,2-4H2,1H3/q+1. The maximum atomic E-state index is 11.0. The first-order valence-electron chi connectivity index (χ1n) is 3.90. The Morgan fingerprint density at radius 2 is 1.93 bits per heavy atom. The van der Waals surface area contributed by atoms with Gasteiger partial charge in [-0.2, -0.15) is 5.21 Å². The van der Waals surface area contributed by atoms with E-state index in [1.54, 1.807) is 0 Å². The van der Waals surface area contributed by atoms with Gasteiger partial charge in [0.25, 0.3) is 0 Å². The van der Waals surface area contributed by atoms with E-state index in [2.05, 4.69) is 9.57 Å². The zero-order chi connectivity index (χ0) is 10.8. The molecule has 1 saturated heterocycles. The molecule has 78 valence electrons. The maximum absolute atomic E-state index is 11.0. The van der Waals surface area contributed by atoms with Crippen molar-refractivity contribution < 1.29 is 34.0 Å². The summed E-state index contributed by atoms with van der Waals surface area (Å²) in [5.74, 6) is -2.67. The van der Waals surface area contributed by atoms with Crippen molar-refractivity contribution in [1.82, 2.24) is 0 Å². The lowest BCUT2D eigenvalue weighted by Crippen LogP contribution is -2.51. The van der Waals surface area contributed by atoms with E-state index in [0.29, 0.717) is 0 Å². The van der Waals surface area contributed by atoms with Gasteiger partial charge in [0, 0.05) is 7.11 Å². The highest BCUT2D eigenvalue weighted by atomic mass is 17.0. The molecule has 1 fully saturated rings. The van der Waals surface area contributed by atoms with Gasteiger partial charge in [-0.15, -0.1) is 0 Å². The predicted molar refractivity (Wildman–Crippen MR) is 39.3 cm³/mol. The number of hydrogen-bond acceptors (Lipinski definition) is 6. The number of quaternary nitrogens is 1. The highest BCUT2D eigenvalue weighted by Crippen LogP contribution is 2.20. The van der Waals surface area contributed by atoms with Crippen LogP contribution in [-0.2, 0) is 24.0 Å². The van der Waals surface area contributed by atoms with Crippen LogP contribution in [0.2, 0.25) is 0 Å². The van der Waals surface area contributed by atoms with Gasteiger partial charge in [0.2, 0.25) is 0 Å². The second kappa shape index (κ2) is 3.82. The van der Waals surface area contributed by atoms with Crippen LogP contribution in [0.4, 0.5) is 0 Å². The molecule has 1 rings (SSSR count). The second-order valence-corrected chi connectivity index (χ2v) is 2.76. The fourth-order valence-corrected chi connectivity index (χ4v) is 1.05. The molecule has 0 unspecified atom stereocenters. The third-order valence-electron chi connectivity index (χ3n) is 1.72. The van der Waals surface area contributed by atoms with E-state index in [1.807, 2.05) is 0 Å². The molecule has 1 aliphatic rings. The Morgan fingerprint density at radius 3 is 2.36 bits per heavy atom. The van der Waals surface area contributed by atoms with Gasteiger partial charge in [-0.1, -0.05) is 0 Å². The molecule has 0 saturated carbocycles. The van der Waals surface area contributed by atoms with E-state index in [-0.39, 0.29) is 12.8 Å². The van der Waals surface area contributed by atoms with Crippen LogP contribution in [0, 0.1) is 0 Å². The second-order valence-electron chi connectivity index (χ2n) is 2.76. The number of ether oxygens (including phenoxy) is 1. The Hall–Kier alpha value is -1.31. The van der Waals surface area contributed by atoms with E-state index in [9.17, 15) is 19.6 Å². The van der Waals surface area contributed by atoms with Crippen LogP contribution in [0.3, 0.4) is 0 Å². The summed E-state index contributed by atoms with van der Waals surface area (Å²) in [5, 5.41) is 9.37. The number of hydrogen-bond donors (Lipinski definition) is 1. The van der Waals surface area contributed by atoms with Crippen molar-refractivity contribution in [3.05, 3.63) is 0 Å². The minimum absolute atomic E-state index is 0.129. The minimum Gasteiger partial charge on any atom is -0.373 e. The number of hydroxylamine groups is 4. The van der Waals surface area contributed by atoms with Crippen LogP contribution >= 0.6 is 0 Å². The zero-order valence-corrected chi connectivity index (χ0v) is 7.56. The summed E-state index contributed by atoms with van der Waals surface area (Å²) < 4.78 is 4.41. The van der Waals surface area contributed by atoms with Crippen LogP contribution in [0.25, 0.3) is 0 Å². The number of rotatable bonds is 3. The molecule has 7 heteroatoms. The number of imide groups is 1. The molecule has 0 aromatic rings. The van der Waals surface area contributed by atoms with Gasteiger partial charge in [0.15, 0.2) is 6.61 Å². The quantitative estimate of drug-likeness (QED) is 0.365. The Morgan fingerprint density at radius 1 is 1.43 bits per heavy atom. The third-order valence-corrected chi connectivity index (χ3v) is 1.72. The lowest BCUT2D eigenvalue weighted by atomic mass is 10.4. The van der Waals surface area contributed by atoms with E-state index < -0.39 is 29.2 Å². The van der Waals surface area contributed by atoms with Crippen molar-refractivity contribution >= 4 is 17.8 Å². The number of carbonyl (C=O) groups is 3. The average Bonchev–Trinajstić information content (AvgIpc) is 2.34. The Kier molecular flexibility index (Phi) is 2.94. The maximum Gasteiger partial charge on any atom is 0.398 e. The largest absolute Gasteiger partial charge is 0.398 e. The molecule has 0 radical (unpaired) electrons. The van der Waals surface area contributed by atoms with Gasteiger partial charge < -0.3 is 4.74 Å². The van der Waals surface area contributed by atoms with E-state index >= 15 is 0 Å². The van der Waals surface area contributed by atoms with Gasteiger partial charge in [0.1, 0.15) is 4.81 Å².